The maximum absolute atomic E-state index is 12.5. The van der Waals surface area contributed by atoms with Crippen molar-refractivity contribution in [2.24, 2.45) is 0 Å². The number of aryl methyl sites for hydroxylation is 2. The fourth-order valence-corrected chi connectivity index (χ4v) is 3.28. The van der Waals surface area contributed by atoms with Gasteiger partial charge < -0.3 is 5.32 Å². The third-order valence-electron chi connectivity index (χ3n) is 4.05. The number of H-pyrrole nitrogens is 1. The Morgan fingerprint density at radius 1 is 1.15 bits per heavy atom. The maximum Gasteiger partial charge on any atom is 0.442 e. The molecule has 0 bridgehead atoms. The van der Waals surface area contributed by atoms with Crippen molar-refractivity contribution >= 4 is 23.4 Å². The zero-order chi connectivity index (χ0) is 18.7. The third kappa shape index (κ3) is 3.88. The Morgan fingerprint density at radius 2 is 1.88 bits per heavy atom. The molecule has 1 unspecified atom stereocenters. The monoisotopic (exact) mass is 370 g/mol. The van der Waals surface area contributed by atoms with Gasteiger partial charge in [-0.15, -0.1) is 0 Å². The minimum atomic E-state index is -0.510. The molecule has 0 aliphatic carbocycles. The van der Waals surface area contributed by atoms with E-state index in [9.17, 15) is 9.59 Å². The molecule has 0 saturated carbocycles. The van der Waals surface area contributed by atoms with Gasteiger partial charge in [-0.1, -0.05) is 24.3 Å². The molecule has 7 heteroatoms. The van der Waals surface area contributed by atoms with E-state index in [4.69, 9.17) is 4.52 Å². The molecule has 1 heterocycles. The van der Waals surface area contributed by atoms with Gasteiger partial charge in [0, 0.05) is 17.8 Å². The van der Waals surface area contributed by atoms with Gasteiger partial charge in [0.05, 0.1) is 5.25 Å². The number of rotatable bonds is 5. The van der Waals surface area contributed by atoms with Crippen LogP contribution < -0.4 is 15.6 Å². The van der Waals surface area contributed by atoms with Crippen LogP contribution in [0.25, 0.3) is 5.69 Å². The summed E-state index contributed by atoms with van der Waals surface area (Å²) in [7, 11) is 0. The SMILES string of the molecule is Cc1ccc(NC(=O)C(C)Sc2c(=O)o[nH][n+]2-c2ccccc2)cc1C. The van der Waals surface area contributed by atoms with Gasteiger partial charge in [-0.3, -0.25) is 9.32 Å². The number of anilines is 1. The predicted molar refractivity (Wildman–Crippen MR) is 101 cm³/mol. The minimum absolute atomic E-state index is 0.182. The smallest absolute Gasteiger partial charge is 0.325 e. The quantitative estimate of drug-likeness (QED) is 0.535. The molecule has 3 rings (SSSR count). The van der Waals surface area contributed by atoms with Crippen molar-refractivity contribution < 1.29 is 14.0 Å². The van der Waals surface area contributed by atoms with E-state index in [0.29, 0.717) is 5.03 Å². The van der Waals surface area contributed by atoms with Gasteiger partial charge in [-0.25, -0.2) is 4.79 Å². The summed E-state index contributed by atoms with van der Waals surface area (Å²) in [6, 6.07) is 15.0. The number of carbonyl (C=O) groups is 1. The Bertz CT molecular complexity index is 979. The molecule has 0 radical (unpaired) electrons. The molecule has 2 aromatic carbocycles. The zero-order valence-electron chi connectivity index (χ0n) is 14.8. The van der Waals surface area contributed by atoms with E-state index >= 15 is 0 Å². The van der Waals surface area contributed by atoms with Crippen LogP contribution in [0.2, 0.25) is 0 Å². The molecule has 0 spiro atoms. The topological polar surface area (TPSA) is 79.0 Å². The largest absolute Gasteiger partial charge is 0.442 e. The van der Waals surface area contributed by atoms with E-state index in [1.807, 2.05) is 62.4 Å². The average Bonchev–Trinajstić information content (AvgIpc) is 2.99. The van der Waals surface area contributed by atoms with Crippen molar-refractivity contribution in [1.29, 1.82) is 0 Å². The van der Waals surface area contributed by atoms with Gasteiger partial charge in [-0.05, 0) is 65.7 Å². The predicted octanol–water partition coefficient (Wildman–Crippen LogP) is 2.98. The number of thioether (sulfide) groups is 1. The third-order valence-corrected chi connectivity index (χ3v) is 5.19. The lowest BCUT2D eigenvalue weighted by Gasteiger charge is -2.10. The second-order valence-electron chi connectivity index (χ2n) is 6.01. The molecule has 1 amide bonds. The first-order chi connectivity index (χ1) is 12.5. The molecule has 0 aliphatic heterocycles. The van der Waals surface area contributed by atoms with E-state index in [1.54, 1.807) is 6.92 Å². The van der Waals surface area contributed by atoms with Crippen LogP contribution in [0.15, 0.2) is 62.9 Å². The molecule has 3 aromatic rings. The zero-order valence-corrected chi connectivity index (χ0v) is 15.6. The van der Waals surface area contributed by atoms with Gasteiger partial charge in [-0.2, -0.15) is 0 Å². The van der Waals surface area contributed by atoms with Gasteiger partial charge in [0.2, 0.25) is 11.6 Å². The molecular formula is C19H20N3O3S+. The number of nitrogens with zero attached hydrogens (tertiary/aromatic N) is 1. The number of para-hydroxylation sites is 1. The van der Waals surface area contributed by atoms with Crippen LogP contribution in [0.4, 0.5) is 5.69 Å². The van der Waals surface area contributed by atoms with E-state index in [2.05, 4.69) is 10.6 Å². The molecule has 134 valence electrons. The summed E-state index contributed by atoms with van der Waals surface area (Å²) in [5.41, 5.74) is 3.26. The summed E-state index contributed by atoms with van der Waals surface area (Å²) in [5, 5.41) is 5.30. The van der Waals surface area contributed by atoms with Crippen molar-refractivity contribution in [1.82, 2.24) is 5.27 Å². The van der Waals surface area contributed by atoms with Crippen LogP contribution in [0.1, 0.15) is 18.1 Å². The Labute approximate surface area is 155 Å². The average molecular weight is 370 g/mol. The van der Waals surface area contributed by atoms with E-state index in [1.165, 1.54) is 10.2 Å². The number of benzene rings is 2. The van der Waals surface area contributed by atoms with Crippen molar-refractivity contribution in [3.05, 3.63) is 70.1 Å². The van der Waals surface area contributed by atoms with Gasteiger partial charge in [0.15, 0.2) is 0 Å². The Hall–Kier alpha value is -2.80. The number of amides is 1. The Morgan fingerprint density at radius 3 is 2.58 bits per heavy atom. The lowest BCUT2D eigenvalue weighted by atomic mass is 10.1. The second-order valence-corrected chi connectivity index (χ2v) is 7.33. The highest BCUT2D eigenvalue weighted by molar-refractivity contribution is 8.00. The molecule has 6 nitrogen and oxygen atoms in total. The van der Waals surface area contributed by atoms with Crippen LogP contribution in [0.3, 0.4) is 0 Å². The first-order valence-electron chi connectivity index (χ1n) is 8.19. The van der Waals surface area contributed by atoms with Gasteiger partial charge in [0.25, 0.3) is 0 Å². The second kappa shape index (κ2) is 7.61. The summed E-state index contributed by atoms with van der Waals surface area (Å²) in [6.45, 7) is 5.77. The van der Waals surface area contributed by atoms with Crippen molar-refractivity contribution in [2.75, 3.05) is 5.32 Å². The molecule has 1 atom stereocenters. The Kier molecular flexibility index (Phi) is 5.27. The highest BCUT2D eigenvalue weighted by atomic mass is 32.2. The number of nitrogens with one attached hydrogen (secondary N) is 2. The van der Waals surface area contributed by atoms with Crippen LogP contribution in [0.5, 0.6) is 0 Å². The first-order valence-corrected chi connectivity index (χ1v) is 9.07. The maximum atomic E-state index is 12.5. The number of hydrogen-bond donors (Lipinski definition) is 2. The minimum Gasteiger partial charge on any atom is -0.325 e. The summed E-state index contributed by atoms with van der Waals surface area (Å²) in [6.07, 6.45) is 0. The number of aromatic amines is 1. The van der Waals surface area contributed by atoms with Crippen LogP contribution in [-0.2, 0) is 4.79 Å². The number of hydrogen-bond acceptors (Lipinski definition) is 4. The van der Waals surface area contributed by atoms with Crippen LogP contribution in [-0.4, -0.2) is 16.4 Å². The highest BCUT2D eigenvalue weighted by Gasteiger charge is 2.28. The fourth-order valence-electron chi connectivity index (χ4n) is 2.40. The summed E-state index contributed by atoms with van der Waals surface area (Å²) in [5.74, 6) is -0.182. The van der Waals surface area contributed by atoms with Crippen LogP contribution >= 0.6 is 11.8 Å². The standard InChI is InChI=1S/C19H19N3O3S/c1-12-9-10-15(11-13(12)2)20-17(23)14(3)26-18-19(24)25-21-22(18)16-7-5-4-6-8-16/h4-11,14H,1-3H3,(H-,20,21,23,24)/p+1. The molecule has 0 aliphatic rings. The molecule has 1 aromatic heterocycles. The summed E-state index contributed by atoms with van der Waals surface area (Å²) < 4.78 is 6.44. The molecule has 26 heavy (non-hydrogen) atoms. The highest BCUT2D eigenvalue weighted by Crippen LogP contribution is 2.21. The van der Waals surface area contributed by atoms with E-state index in [-0.39, 0.29) is 5.91 Å². The van der Waals surface area contributed by atoms with Gasteiger partial charge in [0.1, 0.15) is 0 Å². The van der Waals surface area contributed by atoms with E-state index < -0.39 is 10.9 Å². The van der Waals surface area contributed by atoms with Gasteiger partial charge >= 0.3 is 10.7 Å². The Balaban J connectivity index is 1.76. The number of aromatic nitrogens is 2. The van der Waals surface area contributed by atoms with Crippen molar-refractivity contribution in [3.8, 4) is 5.69 Å². The van der Waals surface area contributed by atoms with E-state index in [0.717, 1.165) is 28.7 Å². The molecule has 0 saturated heterocycles. The first kappa shape index (κ1) is 18.0. The summed E-state index contributed by atoms with van der Waals surface area (Å²) in [4.78, 5) is 24.6. The molecule has 0 fully saturated rings. The summed E-state index contributed by atoms with van der Waals surface area (Å²) >= 11 is 1.15. The van der Waals surface area contributed by atoms with Crippen molar-refractivity contribution in [2.45, 2.75) is 31.0 Å². The number of carbonyl (C=O) groups excluding carboxylic acids is 1. The molecule has 2 N–H and O–H groups in total. The molecular weight excluding hydrogens is 350 g/mol. The lowest BCUT2D eigenvalue weighted by molar-refractivity contribution is -0.704. The normalized spacial score (nSPS) is 12.0. The van der Waals surface area contributed by atoms with Crippen molar-refractivity contribution in [3.63, 3.8) is 0 Å². The lowest BCUT2D eigenvalue weighted by Crippen LogP contribution is -2.37. The van der Waals surface area contributed by atoms with Crippen LogP contribution in [0, 0.1) is 13.8 Å². The fraction of sp³-hybridized carbons (Fsp3) is 0.211.